The Labute approximate surface area is 141 Å². The zero-order valence-corrected chi connectivity index (χ0v) is 13.9. The van der Waals surface area contributed by atoms with E-state index in [1.807, 2.05) is 12.1 Å². The molecular weight excluding hydrogens is 304 g/mol. The van der Waals surface area contributed by atoms with Crippen LogP contribution in [0.15, 0.2) is 36.5 Å². The number of nitrogens with one attached hydrogen (secondary N) is 1. The largest absolute Gasteiger partial charge is 0.340 e. The summed E-state index contributed by atoms with van der Waals surface area (Å²) >= 11 is 0. The Morgan fingerprint density at radius 2 is 1.96 bits per heavy atom. The number of nitrogens with zero attached hydrogens (tertiary/aromatic N) is 3. The van der Waals surface area contributed by atoms with Crippen LogP contribution in [0, 0.1) is 17.0 Å². The second-order valence-electron chi connectivity index (χ2n) is 6.23. The third-order valence-corrected chi connectivity index (χ3v) is 4.42. The van der Waals surface area contributed by atoms with E-state index < -0.39 is 4.92 Å². The highest BCUT2D eigenvalue weighted by Gasteiger charge is 2.12. The molecule has 1 saturated heterocycles. The smallest absolute Gasteiger partial charge is 0.290 e. The van der Waals surface area contributed by atoms with Gasteiger partial charge in [0.05, 0.1) is 4.92 Å². The van der Waals surface area contributed by atoms with E-state index in [4.69, 9.17) is 0 Å². The van der Waals surface area contributed by atoms with E-state index in [0.717, 1.165) is 18.7 Å². The molecule has 0 atom stereocenters. The molecule has 1 aliphatic heterocycles. The lowest BCUT2D eigenvalue weighted by Gasteiger charge is -2.14. The van der Waals surface area contributed by atoms with Crippen LogP contribution in [-0.2, 0) is 6.42 Å². The normalized spacial score (nSPS) is 14.7. The van der Waals surface area contributed by atoms with Gasteiger partial charge >= 0.3 is 0 Å². The summed E-state index contributed by atoms with van der Waals surface area (Å²) < 4.78 is 0. The lowest BCUT2D eigenvalue weighted by Crippen LogP contribution is -2.21. The third-order valence-electron chi connectivity index (χ3n) is 4.42. The van der Waals surface area contributed by atoms with Crippen molar-refractivity contribution in [3.05, 3.63) is 57.8 Å². The van der Waals surface area contributed by atoms with Crippen LogP contribution >= 0.6 is 0 Å². The molecule has 2 aromatic rings. The van der Waals surface area contributed by atoms with Crippen LogP contribution in [0.25, 0.3) is 0 Å². The van der Waals surface area contributed by atoms with E-state index in [0.29, 0.717) is 11.4 Å². The number of aromatic nitrogens is 1. The first-order valence-electron chi connectivity index (χ1n) is 8.31. The molecule has 0 amide bonds. The summed E-state index contributed by atoms with van der Waals surface area (Å²) in [5.74, 6) is 0.614. The van der Waals surface area contributed by atoms with Crippen molar-refractivity contribution < 1.29 is 4.92 Å². The molecule has 0 radical (unpaired) electrons. The van der Waals surface area contributed by atoms with Crippen LogP contribution < -0.4 is 5.32 Å². The summed E-state index contributed by atoms with van der Waals surface area (Å²) in [7, 11) is 0. The molecule has 0 unspecified atom stereocenters. The number of likely N-dealkylation sites (tertiary alicyclic amines) is 1. The summed E-state index contributed by atoms with van der Waals surface area (Å²) in [6, 6.07) is 9.99. The van der Waals surface area contributed by atoms with Gasteiger partial charge in [-0.2, -0.15) is 0 Å². The van der Waals surface area contributed by atoms with E-state index in [1.165, 1.54) is 37.7 Å². The first-order valence-corrected chi connectivity index (χ1v) is 8.31. The first-order chi connectivity index (χ1) is 11.6. The van der Waals surface area contributed by atoms with Gasteiger partial charge in [-0.25, -0.2) is 4.98 Å². The Hall–Kier alpha value is -2.47. The van der Waals surface area contributed by atoms with Gasteiger partial charge in [-0.1, -0.05) is 12.1 Å². The quantitative estimate of drug-likeness (QED) is 0.647. The summed E-state index contributed by atoms with van der Waals surface area (Å²) in [5.41, 5.74) is 2.89. The molecule has 0 aliphatic carbocycles. The van der Waals surface area contributed by atoms with Gasteiger partial charge in [-0.05, 0) is 63.0 Å². The van der Waals surface area contributed by atoms with Gasteiger partial charge in [0.2, 0.25) is 0 Å². The molecule has 6 nitrogen and oxygen atoms in total. The standard InChI is InChI=1S/C18H22N4O2/c1-14-12-18(19-13-17(14)22(23)24)20-16-6-4-15(5-7-16)8-11-21-9-2-3-10-21/h4-7,12-13H,2-3,8-11H2,1H3,(H,19,20). The summed E-state index contributed by atoms with van der Waals surface area (Å²) in [4.78, 5) is 17.0. The molecule has 0 bridgehead atoms. The molecule has 1 N–H and O–H groups in total. The Kier molecular flexibility index (Phi) is 5.05. The highest BCUT2D eigenvalue weighted by Crippen LogP contribution is 2.22. The van der Waals surface area contributed by atoms with Crippen LogP contribution in [-0.4, -0.2) is 34.4 Å². The molecule has 2 heterocycles. The Morgan fingerprint density at radius 3 is 2.58 bits per heavy atom. The number of nitro groups is 1. The van der Waals surface area contributed by atoms with E-state index in [-0.39, 0.29) is 5.69 Å². The molecule has 1 fully saturated rings. The average molecular weight is 326 g/mol. The van der Waals surface area contributed by atoms with Crippen LogP contribution in [0.1, 0.15) is 24.0 Å². The lowest BCUT2D eigenvalue weighted by molar-refractivity contribution is -0.385. The number of benzene rings is 1. The van der Waals surface area contributed by atoms with Crippen molar-refractivity contribution in [2.45, 2.75) is 26.2 Å². The fraction of sp³-hybridized carbons (Fsp3) is 0.389. The van der Waals surface area contributed by atoms with Crippen LogP contribution in [0.3, 0.4) is 0 Å². The van der Waals surface area contributed by atoms with Crippen molar-refractivity contribution in [3.63, 3.8) is 0 Å². The van der Waals surface area contributed by atoms with E-state index in [1.54, 1.807) is 13.0 Å². The van der Waals surface area contributed by atoms with Gasteiger partial charge in [0.1, 0.15) is 12.0 Å². The van der Waals surface area contributed by atoms with Crippen molar-refractivity contribution in [3.8, 4) is 0 Å². The fourth-order valence-corrected chi connectivity index (χ4v) is 3.00. The van der Waals surface area contributed by atoms with Crippen LogP contribution in [0.5, 0.6) is 0 Å². The molecule has 1 aromatic heterocycles. The predicted molar refractivity (Wildman–Crippen MR) is 94.7 cm³/mol. The summed E-state index contributed by atoms with van der Waals surface area (Å²) in [5, 5.41) is 14.0. The highest BCUT2D eigenvalue weighted by atomic mass is 16.6. The summed E-state index contributed by atoms with van der Waals surface area (Å²) in [6.07, 6.45) is 5.01. The van der Waals surface area contributed by atoms with Crippen LogP contribution in [0.2, 0.25) is 0 Å². The minimum atomic E-state index is -0.415. The molecular formula is C18H22N4O2. The molecule has 1 aromatic carbocycles. The first kappa shape index (κ1) is 16.4. The van der Waals surface area contributed by atoms with E-state index in [2.05, 4.69) is 27.3 Å². The second kappa shape index (κ2) is 7.40. The van der Waals surface area contributed by atoms with Gasteiger partial charge in [0, 0.05) is 17.8 Å². The third kappa shape index (κ3) is 4.08. The minimum absolute atomic E-state index is 0.0396. The van der Waals surface area contributed by atoms with Gasteiger partial charge in [0.25, 0.3) is 5.69 Å². The van der Waals surface area contributed by atoms with Crippen molar-refractivity contribution in [1.82, 2.24) is 9.88 Å². The Bertz CT molecular complexity index is 709. The van der Waals surface area contributed by atoms with Gasteiger partial charge < -0.3 is 10.2 Å². The maximum Gasteiger partial charge on any atom is 0.290 e. The van der Waals surface area contributed by atoms with Gasteiger partial charge in [-0.15, -0.1) is 0 Å². The van der Waals surface area contributed by atoms with Crippen LogP contribution in [0.4, 0.5) is 17.2 Å². The van der Waals surface area contributed by atoms with Crippen molar-refractivity contribution >= 4 is 17.2 Å². The minimum Gasteiger partial charge on any atom is -0.340 e. The number of hydrogen-bond acceptors (Lipinski definition) is 5. The number of rotatable bonds is 6. The monoisotopic (exact) mass is 326 g/mol. The SMILES string of the molecule is Cc1cc(Nc2ccc(CCN3CCCC3)cc2)ncc1[N+](=O)[O-]. The lowest BCUT2D eigenvalue weighted by atomic mass is 10.1. The molecule has 6 heteroatoms. The Morgan fingerprint density at radius 1 is 1.25 bits per heavy atom. The van der Waals surface area contributed by atoms with Crippen molar-refractivity contribution in [2.24, 2.45) is 0 Å². The number of aryl methyl sites for hydroxylation is 1. The van der Waals surface area contributed by atoms with Crippen molar-refractivity contribution in [1.29, 1.82) is 0 Å². The molecule has 3 rings (SSSR count). The molecule has 24 heavy (non-hydrogen) atoms. The number of hydrogen-bond donors (Lipinski definition) is 1. The molecule has 0 saturated carbocycles. The predicted octanol–water partition coefficient (Wildman–Crippen LogP) is 3.68. The van der Waals surface area contributed by atoms with Gasteiger partial charge in [0.15, 0.2) is 0 Å². The molecule has 1 aliphatic rings. The summed E-state index contributed by atoms with van der Waals surface area (Å²) in [6.45, 7) is 5.29. The van der Waals surface area contributed by atoms with Gasteiger partial charge in [-0.3, -0.25) is 10.1 Å². The second-order valence-corrected chi connectivity index (χ2v) is 6.23. The maximum atomic E-state index is 10.8. The average Bonchev–Trinajstić information content (AvgIpc) is 3.07. The number of anilines is 2. The highest BCUT2D eigenvalue weighted by molar-refractivity contribution is 5.58. The molecule has 126 valence electrons. The van der Waals surface area contributed by atoms with Crippen molar-refractivity contribution in [2.75, 3.05) is 25.0 Å². The zero-order chi connectivity index (χ0) is 16.9. The Balaban J connectivity index is 1.59. The van der Waals surface area contributed by atoms with E-state index >= 15 is 0 Å². The maximum absolute atomic E-state index is 10.8. The molecule has 0 spiro atoms. The topological polar surface area (TPSA) is 71.3 Å². The number of pyridine rings is 1. The fourth-order valence-electron chi connectivity index (χ4n) is 3.00. The van der Waals surface area contributed by atoms with E-state index in [9.17, 15) is 10.1 Å². The zero-order valence-electron chi connectivity index (χ0n) is 13.9.